The Kier molecular flexibility index (Phi) is 4.60. The van der Waals surface area contributed by atoms with Crippen LogP contribution in [0, 0.1) is 0 Å². The number of hydrogen-bond acceptors (Lipinski definition) is 4. The Balaban J connectivity index is 1.93. The van der Waals surface area contributed by atoms with Crippen molar-refractivity contribution < 1.29 is 26.3 Å². The van der Waals surface area contributed by atoms with Gasteiger partial charge in [0, 0.05) is 18.5 Å². The lowest BCUT2D eigenvalue weighted by atomic mass is 10.1. The Labute approximate surface area is 142 Å². The maximum Gasteiger partial charge on any atom is 0.435 e. The number of halogens is 3. The van der Waals surface area contributed by atoms with Crippen LogP contribution in [-0.4, -0.2) is 31.1 Å². The third-order valence-corrected chi connectivity index (χ3v) is 4.48. The van der Waals surface area contributed by atoms with Crippen LogP contribution in [0.25, 0.3) is 5.69 Å². The average molecular weight is 375 g/mol. The molecule has 0 fully saturated rings. The van der Waals surface area contributed by atoms with Crippen molar-refractivity contribution in [3.63, 3.8) is 0 Å². The minimum Gasteiger partial charge on any atom is -0.376 e. The molecular weight excluding hydrogens is 359 g/mol. The highest BCUT2D eigenvalue weighted by atomic mass is 32.2. The summed E-state index contributed by atoms with van der Waals surface area (Å²) in [5.41, 5.74) is 0.804. The first-order valence-electron chi connectivity index (χ1n) is 7.45. The fourth-order valence-electron chi connectivity index (χ4n) is 2.65. The fourth-order valence-corrected chi connectivity index (χ4v) is 3.08. The Morgan fingerprint density at radius 3 is 2.56 bits per heavy atom. The first-order valence-corrected chi connectivity index (χ1v) is 9.34. The van der Waals surface area contributed by atoms with E-state index < -0.39 is 21.9 Å². The summed E-state index contributed by atoms with van der Waals surface area (Å²) in [5.74, 6) is 0. The third kappa shape index (κ3) is 4.02. The highest BCUT2D eigenvalue weighted by Gasteiger charge is 2.40. The van der Waals surface area contributed by atoms with Crippen molar-refractivity contribution in [2.75, 3.05) is 12.9 Å². The predicted octanol–water partition coefficient (Wildman–Crippen LogP) is 2.01. The van der Waals surface area contributed by atoms with Gasteiger partial charge in [0.15, 0.2) is 5.69 Å². The predicted molar refractivity (Wildman–Crippen MR) is 83.6 cm³/mol. The van der Waals surface area contributed by atoms with E-state index in [4.69, 9.17) is 4.74 Å². The molecule has 136 valence electrons. The van der Waals surface area contributed by atoms with E-state index in [1.807, 2.05) is 0 Å². The van der Waals surface area contributed by atoms with Crippen LogP contribution >= 0.6 is 0 Å². The van der Waals surface area contributed by atoms with Crippen molar-refractivity contribution in [2.45, 2.75) is 25.7 Å². The molecule has 10 heteroatoms. The summed E-state index contributed by atoms with van der Waals surface area (Å²) < 4.78 is 70.6. The number of aromatic nitrogens is 2. The van der Waals surface area contributed by atoms with Crippen LogP contribution < -0.4 is 4.72 Å². The van der Waals surface area contributed by atoms with Crippen molar-refractivity contribution in [2.24, 2.45) is 0 Å². The maximum atomic E-state index is 13.2. The summed E-state index contributed by atoms with van der Waals surface area (Å²) in [6, 6.07) is 6.52. The molecule has 6 nitrogen and oxygen atoms in total. The van der Waals surface area contributed by atoms with Crippen LogP contribution in [0.15, 0.2) is 24.3 Å². The van der Waals surface area contributed by atoms with Crippen molar-refractivity contribution in [1.82, 2.24) is 14.5 Å². The molecule has 0 saturated heterocycles. The molecule has 1 aliphatic rings. The smallest absolute Gasteiger partial charge is 0.376 e. The number of nitrogens with one attached hydrogen (secondary N) is 1. The summed E-state index contributed by atoms with van der Waals surface area (Å²) in [4.78, 5) is 0. The van der Waals surface area contributed by atoms with E-state index in [-0.39, 0.29) is 18.7 Å². The highest BCUT2D eigenvalue weighted by Crippen LogP contribution is 2.35. The fraction of sp³-hybridized carbons (Fsp3) is 0.400. The van der Waals surface area contributed by atoms with E-state index in [2.05, 4.69) is 9.82 Å². The van der Waals surface area contributed by atoms with Crippen LogP contribution in [0.4, 0.5) is 13.2 Å². The summed E-state index contributed by atoms with van der Waals surface area (Å²) in [6.07, 6.45) is -3.15. The molecule has 1 aliphatic heterocycles. The molecule has 0 unspecified atom stereocenters. The zero-order chi connectivity index (χ0) is 18.2. The molecule has 0 aliphatic carbocycles. The molecule has 1 aromatic carbocycles. The summed E-state index contributed by atoms with van der Waals surface area (Å²) in [5, 5.41) is 3.75. The van der Waals surface area contributed by atoms with E-state index >= 15 is 0 Å². The largest absolute Gasteiger partial charge is 0.435 e. The van der Waals surface area contributed by atoms with Crippen LogP contribution in [-0.2, 0) is 40.5 Å². The lowest BCUT2D eigenvalue weighted by molar-refractivity contribution is -0.142. The average Bonchev–Trinajstić information content (AvgIpc) is 2.93. The molecule has 25 heavy (non-hydrogen) atoms. The Morgan fingerprint density at radius 2 is 1.96 bits per heavy atom. The second-order valence-electron chi connectivity index (χ2n) is 5.75. The molecule has 1 N–H and O–H groups in total. The molecule has 0 saturated carbocycles. The zero-order valence-electron chi connectivity index (χ0n) is 13.3. The van der Waals surface area contributed by atoms with Gasteiger partial charge in [-0.05, 0) is 17.7 Å². The normalized spacial score (nSPS) is 15.2. The van der Waals surface area contributed by atoms with Gasteiger partial charge in [-0.15, -0.1) is 0 Å². The van der Waals surface area contributed by atoms with Gasteiger partial charge in [-0.2, -0.15) is 18.3 Å². The molecule has 1 aromatic heterocycles. The van der Waals surface area contributed by atoms with Crippen molar-refractivity contribution >= 4 is 10.0 Å². The summed E-state index contributed by atoms with van der Waals surface area (Å²) in [6.45, 7) is 0.338. The number of benzene rings is 1. The molecule has 2 aromatic rings. The van der Waals surface area contributed by atoms with E-state index in [0.717, 1.165) is 6.26 Å². The Bertz CT molecular complexity index is 874. The Morgan fingerprint density at radius 1 is 1.28 bits per heavy atom. The van der Waals surface area contributed by atoms with Crippen LogP contribution in [0.1, 0.15) is 22.5 Å². The highest BCUT2D eigenvalue weighted by molar-refractivity contribution is 7.88. The van der Waals surface area contributed by atoms with E-state index in [1.54, 1.807) is 24.3 Å². The molecule has 3 rings (SSSR count). The summed E-state index contributed by atoms with van der Waals surface area (Å²) >= 11 is 0. The van der Waals surface area contributed by atoms with Crippen LogP contribution in [0.2, 0.25) is 0 Å². The number of nitrogens with zero attached hydrogens (tertiary/aromatic N) is 2. The molecule has 0 radical (unpaired) electrons. The van der Waals surface area contributed by atoms with Crippen molar-refractivity contribution in [3.8, 4) is 5.69 Å². The van der Waals surface area contributed by atoms with Crippen molar-refractivity contribution in [3.05, 3.63) is 46.8 Å². The number of rotatable bonds is 4. The van der Waals surface area contributed by atoms with Crippen LogP contribution in [0.5, 0.6) is 0 Å². The number of ether oxygens (including phenoxy) is 1. The van der Waals surface area contributed by atoms with E-state index in [0.29, 0.717) is 30.0 Å². The number of sulfonamides is 1. The minimum absolute atomic E-state index is 0.0709. The van der Waals surface area contributed by atoms with Gasteiger partial charge in [0.2, 0.25) is 10.0 Å². The monoisotopic (exact) mass is 375 g/mol. The molecule has 0 atom stereocenters. The van der Waals surface area contributed by atoms with Gasteiger partial charge in [-0.3, -0.25) is 0 Å². The van der Waals surface area contributed by atoms with Gasteiger partial charge >= 0.3 is 6.18 Å². The van der Waals surface area contributed by atoms with Gasteiger partial charge in [-0.1, -0.05) is 12.1 Å². The van der Waals surface area contributed by atoms with Gasteiger partial charge < -0.3 is 4.74 Å². The SMILES string of the molecule is CS(=O)(=O)NCc1ccc(-n2nc(C(F)(F)F)c3c2CCOC3)cc1. The molecule has 2 heterocycles. The van der Waals surface area contributed by atoms with Gasteiger partial charge in [-0.25, -0.2) is 17.8 Å². The maximum absolute atomic E-state index is 13.2. The molecular formula is C15H16F3N3O3S. The number of alkyl halides is 3. The lowest BCUT2D eigenvalue weighted by Crippen LogP contribution is -2.21. The lowest BCUT2D eigenvalue weighted by Gasteiger charge is -2.15. The molecule has 0 amide bonds. The molecule has 0 spiro atoms. The minimum atomic E-state index is -4.55. The van der Waals surface area contributed by atoms with E-state index in [1.165, 1.54) is 4.68 Å². The summed E-state index contributed by atoms with van der Waals surface area (Å²) in [7, 11) is -3.32. The quantitative estimate of drug-likeness (QED) is 0.887. The van der Waals surface area contributed by atoms with Gasteiger partial charge in [0.1, 0.15) is 0 Å². The number of hydrogen-bond donors (Lipinski definition) is 1. The molecule has 0 bridgehead atoms. The van der Waals surface area contributed by atoms with E-state index in [9.17, 15) is 21.6 Å². The Hall–Kier alpha value is -1.91. The van der Waals surface area contributed by atoms with Gasteiger partial charge in [0.25, 0.3) is 0 Å². The van der Waals surface area contributed by atoms with Crippen LogP contribution in [0.3, 0.4) is 0 Å². The second kappa shape index (κ2) is 6.43. The first kappa shape index (κ1) is 17.9. The standard InChI is InChI=1S/C15H16F3N3O3S/c1-25(22,23)19-8-10-2-4-11(5-3-10)21-13-6-7-24-9-12(13)14(20-21)15(16,17)18/h2-5,19H,6-9H2,1H3. The number of fused-ring (bicyclic) bond motifs is 1. The topological polar surface area (TPSA) is 73.2 Å². The van der Waals surface area contributed by atoms with Crippen molar-refractivity contribution in [1.29, 1.82) is 0 Å². The van der Waals surface area contributed by atoms with Gasteiger partial charge in [0.05, 0.1) is 30.9 Å². The zero-order valence-corrected chi connectivity index (χ0v) is 14.1. The first-order chi connectivity index (χ1) is 11.6. The second-order valence-corrected chi connectivity index (χ2v) is 7.58. The third-order valence-electron chi connectivity index (χ3n) is 3.81.